The first-order chi connectivity index (χ1) is 12.1. The van der Waals surface area contributed by atoms with Gasteiger partial charge in [0.25, 0.3) is 5.56 Å². The number of carbonyl (C=O) groups excluding carboxylic acids is 1. The zero-order valence-electron chi connectivity index (χ0n) is 13.6. The first kappa shape index (κ1) is 16.4. The number of hydrogen-bond acceptors (Lipinski definition) is 4. The van der Waals surface area contributed by atoms with Crippen LogP contribution < -0.4 is 10.3 Å². The number of nitrogens with zero attached hydrogens (tertiary/aromatic N) is 1. The number of aryl methyl sites for hydroxylation is 1. The summed E-state index contributed by atoms with van der Waals surface area (Å²) in [4.78, 5) is 23.2. The van der Waals surface area contributed by atoms with E-state index in [-0.39, 0.29) is 17.2 Å². The molecule has 1 N–H and O–H groups in total. The molecule has 0 unspecified atom stereocenters. The van der Waals surface area contributed by atoms with Crippen LogP contribution in [0, 0.1) is 6.92 Å². The fourth-order valence-corrected chi connectivity index (χ4v) is 2.14. The summed E-state index contributed by atoms with van der Waals surface area (Å²) < 4.78 is 5.50. The standard InChI is InChI=1S/C20H16N2O3/c1-14-2-4-15(5-3-14)6-11-18(23)16-7-9-17(10-8-16)25-20-13-12-19(24)21-22-20/h2-13H,1H3,(H,21,24). The largest absolute Gasteiger partial charge is 0.438 e. The van der Waals surface area contributed by atoms with Crippen molar-refractivity contribution in [2.75, 3.05) is 0 Å². The molecule has 0 aliphatic rings. The minimum absolute atomic E-state index is 0.0886. The molecule has 124 valence electrons. The van der Waals surface area contributed by atoms with Gasteiger partial charge < -0.3 is 4.74 Å². The zero-order valence-corrected chi connectivity index (χ0v) is 13.6. The summed E-state index contributed by atoms with van der Waals surface area (Å²) in [5.41, 5.74) is 2.41. The number of H-pyrrole nitrogens is 1. The predicted molar refractivity (Wildman–Crippen MR) is 95.9 cm³/mol. The third-order valence-corrected chi connectivity index (χ3v) is 3.52. The number of rotatable bonds is 5. The van der Waals surface area contributed by atoms with Crippen molar-refractivity contribution in [3.05, 3.63) is 93.8 Å². The van der Waals surface area contributed by atoms with E-state index in [9.17, 15) is 9.59 Å². The number of allylic oxidation sites excluding steroid dienone is 1. The molecule has 0 amide bonds. The fraction of sp³-hybridized carbons (Fsp3) is 0.0500. The highest BCUT2D eigenvalue weighted by molar-refractivity contribution is 6.06. The molecule has 0 bridgehead atoms. The number of ether oxygens (including phenoxy) is 1. The smallest absolute Gasteiger partial charge is 0.264 e. The van der Waals surface area contributed by atoms with Crippen LogP contribution in [0.4, 0.5) is 0 Å². The van der Waals surface area contributed by atoms with Crippen molar-refractivity contribution < 1.29 is 9.53 Å². The minimum atomic E-state index is -0.298. The number of hydrogen-bond donors (Lipinski definition) is 1. The fourth-order valence-electron chi connectivity index (χ4n) is 2.14. The van der Waals surface area contributed by atoms with E-state index in [0.29, 0.717) is 11.3 Å². The summed E-state index contributed by atoms with van der Waals surface area (Å²) in [5.74, 6) is 0.714. The molecular formula is C20H16N2O3. The van der Waals surface area contributed by atoms with E-state index in [1.165, 1.54) is 17.7 Å². The molecular weight excluding hydrogens is 316 g/mol. The monoisotopic (exact) mass is 332 g/mol. The maximum Gasteiger partial charge on any atom is 0.264 e. The summed E-state index contributed by atoms with van der Waals surface area (Å²) in [5, 5.41) is 6.05. The molecule has 1 heterocycles. The summed E-state index contributed by atoms with van der Waals surface area (Å²) in [6.45, 7) is 2.02. The first-order valence-corrected chi connectivity index (χ1v) is 7.73. The normalized spacial score (nSPS) is 10.8. The van der Waals surface area contributed by atoms with Crippen molar-refractivity contribution in [1.82, 2.24) is 10.2 Å². The summed E-state index contributed by atoms with van der Waals surface area (Å²) in [6.07, 6.45) is 3.33. The number of nitrogens with one attached hydrogen (secondary N) is 1. The van der Waals surface area contributed by atoms with Gasteiger partial charge in [-0.2, -0.15) is 0 Å². The van der Waals surface area contributed by atoms with Crippen LogP contribution in [-0.4, -0.2) is 16.0 Å². The second kappa shape index (κ2) is 7.40. The lowest BCUT2D eigenvalue weighted by Crippen LogP contribution is -2.05. The van der Waals surface area contributed by atoms with Gasteiger partial charge in [-0.15, -0.1) is 5.10 Å². The predicted octanol–water partition coefficient (Wildman–Crippen LogP) is 3.77. The highest BCUT2D eigenvalue weighted by Crippen LogP contribution is 2.19. The molecule has 0 fully saturated rings. The molecule has 3 aromatic rings. The van der Waals surface area contributed by atoms with E-state index in [0.717, 1.165) is 5.56 Å². The molecule has 0 aliphatic carbocycles. The summed E-state index contributed by atoms with van der Waals surface area (Å²) in [6, 6.07) is 17.5. The van der Waals surface area contributed by atoms with E-state index in [4.69, 9.17) is 4.74 Å². The van der Waals surface area contributed by atoms with Crippen molar-refractivity contribution >= 4 is 11.9 Å². The minimum Gasteiger partial charge on any atom is -0.438 e. The first-order valence-electron chi connectivity index (χ1n) is 7.73. The number of ketones is 1. The van der Waals surface area contributed by atoms with Gasteiger partial charge >= 0.3 is 0 Å². The Hall–Kier alpha value is -3.47. The van der Waals surface area contributed by atoms with Crippen LogP contribution in [0.1, 0.15) is 21.5 Å². The van der Waals surface area contributed by atoms with Crippen molar-refractivity contribution in [2.24, 2.45) is 0 Å². The lowest BCUT2D eigenvalue weighted by atomic mass is 10.1. The molecule has 5 nitrogen and oxygen atoms in total. The van der Waals surface area contributed by atoms with Gasteiger partial charge in [0.2, 0.25) is 5.88 Å². The van der Waals surface area contributed by atoms with Gasteiger partial charge in [0, 0.05) is 17.7 Å². The van der Waals surface area contributed by atoms with E-state index >= 15 is 0 Å². The van der Waals surface area contributed by atoms with Crippen LogP contribution in [0.15, 0.2) is 71.5 Å². The Kier molecular flexibility index (Phi) is 4.85. The molecule has 3 rings (SSSR count). The quantitative estimate of drug-likeness (QED) is 0.570. The van der Waals surface area contributed by atoms with Gasteiger partial charge in [0.1, 0.15) is 5.75 Å². The molecule has 0 saturated carbocycles. The Bertz CT molecular complexity index is 935. The second-order valence-electron chi connectivity index (χ2n) is 5.49. The van der Waals surface area contributed by atoms with E-state index in [2.05, 4.69) is 10.2 Å². The van der Waals surface area contributed by atoms with Gasteiger partial charge in [0.15, 0.2) is 5.78 Å². The Balaban J connectivity index is 1.66. The van der Waals surface area contributed by atoms with Crippen LogP contribution in [-0.2, 0) is 0 Å². The molecule has 25 heavy (non-hydrogen) atoms. The Morgan fingerprint density at radius 2 is 1.72 bits per heavy atom. The Morgan fingerprint density at radius 1 is 1.00 bits per heavy atom. The molecule has 0 aliphatic heterocycles. The topological polar surface area (TPSA) is 72.1 Å². The maximum atomic E-state index is 12.2. The Morgan fingerprint density at radius 3 is 2.36 bits per heavy atom. The number of benzene rings is 2. The maximum absolute atomic E-state index is 12.2. The number of aromatic amines is 1. The average Bonchev–Trinajstić information content (AvgIpc) is 2.63. The van der Waals surface area contributed by atoms with Crippen LogP contribution in [0.3, 0.4) is 0 Å². The van der Waals surface area contributed by atoms with Gasteiger partial charge in [0.05, 0.1) is 0 Å². The van der Waals surface area contributed by atoms with Gasteiger partial charge in [-0.05, 0) is 42.8 Å². The van der Waals surface area contributed by atoms with Crippen molar-refractivity contribution in [3.8, 4) is 11.6 Å². The van der Waals surface area contributed by atoms with Gasteiger partial charge in [-0.25, -0.2) is 5.10 Å². The van der Waals surface area contributed by atoms with E-state index in [1.54, 1.807) is 36.4 Å². The van der Waals surface area contributed by atoms with Crippen molar-refractivity contribution in [2.45, 2.75) is 6.92 Å². The molecule has 0 radical (unpaired) electrons. The highest BCUT2D eigenvalue weighted by Gasteiger charge is 2.04. The molecule has 0 atom stereocenters. The second-order valence-corrected chi connectivity index (χ2v) is 5.49. The van der Waals surface area contributed by atoms with E-state index < -0.39 is 0 Å². The molecule has 5 heteroatoms. The van der Waals surface area contributed by atoms with Crippen LogP contribution in [0.2, 0.25) is 0 Å². The Labute approximate surface area is 144 Å². The van der Waals surface area contributed by atoms with Crippen molar-refractivity contribution in [1.29, 1.82) is 0 Å². The molecule has 1 aromatic heterocycles. The third kappa shape index (κ3) is 4.51. The zero-order chi connectivity index (χ0) is 17.6. The third-order valence-electron chi connectivity index (χ3n) is 3.52. The SMILES string of the molecule is Cc1ccc(C=CC(=O)c2ccc(Oc3ccc(=O)[nH]n3)cc2)cc1. The highest BCUT2D eigenvalue weighted by atomic mass is 16.5. The molecule has 0 spiro atoms. The van der Waals surface area contributed by atoms with Gasteiger partial charge in [-0.1, -0.05) is 35.9 Å². The van der Waals surface area contributed by atoms with E-state index in [1.807, 2.05) is 31.2 Å². The van der Waals surface area contributed by atoms with Crippen molar-refractivity contribution in [3.63, 3.8) is 0 Å². The molecule has 0 saturated heterocycles. The summed E-state index contributed by atoms with van der Waals surface area (Å²) >= 11 is 0. The lowest BCUT2D eigenvalue weighted by Gasteiger charge is -2.04. The van der Waals surface area contributed by atoms with Crippen LogP contribution >= 0.6 is 0 Å². The lowest BCUT2D eigenvalue weighted by molar-refractivity contribution is 0.104. The number of carbonyl (C=O) groups is 1. The van der Waals surface area contributed by atoms with Crippen LogP contribution in [0.5, 0.6) is 11.6 Å². The molecule has 2 aromatic carbocycles. The van der Waals surface area contributed by atoms with Crippen LogP contribution in [0.25, 0.3) is 6.08 Å². The average molecular weight is 332 g/mol. The van der Waals surface area contributed by atoms with Gasteiger partial charge in [-0.3, -0.25) is 9.59 Å². The number of aromatic nitrogens is 2. The summed E-state index contributed by atoms with van der Waals surface area (Å²) in [7, 11) is 0.